The number of H-pyrrole nitrogens is 1. The van der Waals surface area contributed by atoms with Crippen LogP contribution in [0, 0.1) is 0 Å². The monoisotopic (exact) mass is 354 g/mol. The lowest BCUT2D eigenvalue weighted by Gasteiger charge is -2.17. The van der Waals surface area contributed by atoms with Crippen molar-refractivity contribution in [2.45, 2.75) is 31.3 Å². The molecule has 1 aromatic carbocycles. The predicted octanol–water partition coefficient (Wildman–Crippen LogP) is 3.92. The molecule has 0 aliphatic heterocycles. The highest BCUT2D eigenvalue weighted by Gasteiger charge is 2.28. The van der Waals surface area contributed by atoms with Crippen molar-refractivity contribution in [2.75, 3.05) is 12.0 Å². The van der Waals surface area contributed by atoms with Crippen LogP contribution in [-0.2, 0) is 0 Å². The van der Waals surface area contributed by atoms with Crippen LogP contribution < -0.4 is 5.32 Å². The predicted molar refractivity (Wildman–Crippen MR) is 102 cm³/mol. The van der Waals surface area contributed by atoms with Crippen molar-refractivity contribution in [1.82, 2.24) is 19.9 Å². The third-order valence-corrected chi connectivity index (χ3v) is 5.25. The van der Waals surface area contributed by atoms with E-state index in [0.29, 0.717) is 6.04 Å². The Hall–Kier alpha value is -2.21. The molecule has 0 spiro atoms. The second kappa shape index (κ2) is 6.96. The first kappa shape index (κ1) is 16.3. The summed E-state index contributed by atoms with van der Waals surface area (Å²) in [5.41, 5.74) is 2.68. The zero-order valence-electron chi connectivity index (χ0n) is 14.2. The SMILES string of the molecule is CSCC[C@@H](NC(=O)c1cccn1C1CC1)c1nc2ccccc2[nH]1. The first-order valence-corrected chi connectivity index (χ1v) is 10.1. The molecule has 2 aromatic heterocycles. The van der Waals surface area contributed by atoms with Crippen molar-refractivity contribution >= 4 is 28.7 Å². The van der Waals surface area contributed by atoms with Gasteiger partial charge in [0.2, 0.25) is 0 Å². The molecule has 130 valence electrons. The summed E-state index contributed by atoms with van der Waals surface area (Å²) in [7, 11) is 0. The van der Waals surface area contributed by atoms with Gasteiger partial charge in [0.15, 0.2) is 0 Å². The van der Waals surface area contributed by atoms with E-state index in [0.717, 1.165) is 47.6 Å². The number of hydrogen-bond acceptors (Lipinski definition) is 3. The number of imidazole rings is 1. The van der Waals surface area contributed by atoms with Crippen LogP contribution in [0.1, 0.15) is 47.7 Å². The molecule has 1 aliphatic rings. The molecule has 1 aliphatic carbocycles. The number of benzene rings is 1. The lowest BCUT2D eigenvalue weighted by atomic mass is 10.2. The molecule has 2 heterocycles. The molecule has 0 bridgehead atoms. The van der Waals surface area contributed by atoms with E-state index in [1.807, 2.05) is 42.6 Å². The van der Waals surface area contributed by atoms with Crippen LogP contribution in [0.3, 0.4) is 0 Å². The normalized spacial score (nSPS) is 15.4. The van der Waals surface area contributed by atoms with Crippen LogP contribution in [0.5, 0.6) is 0 Å². The second-order valence-electron chi connectivity index (χ2n) is 6.48. The number of carbonyl (C=O) groups excluding carboxylic acids is 1. The Bertz CT molecular complexity index is 847. The van der Waals surface area contributed by atoms with Crippen LogP contribution >= 0.6 is 11.8 Å². The van der Waals surface area contributed by atoms with E-state index >= 15 is 0 Å². The zero-order valence-corrected chi connectivity index (χ0v) is 15.1. The van der Waals surface area contributed by atoms with Crippen LogP contribution in [0.25, 0.3) is 11.0 Å². The number of amides is 1. The molecule has 1 saturated carbocycles. The lowest BCUT2D eigenvalue weighted by molar-refractivity contribution is 0.0924. The van der Waals surface area contributed by atoms with Gasteiger partial charge in [-0.1, -0.05) is 12.1 Å². The molecular weight excluding hydrogens is 332 g/mol. The molecule has 1 fully saturated rings. The van der Waals surface area contributed by atoms with Crippen molar-refractivity contribution in [3.63, 3.8) is 0 Å². The Morgan fingerprint density at radius 2 is 2.20 bits per heavy atom. The number of aromatic nitrogens is 3. The molecule has 2 N–H and O–H groups in total. The minimum absolute atomic E-state index is 0.0246. The number of para-hydroxylation sites is 2. The third-order valence-electron chi connectivity index (χ3n) is 4.61. The van der Waals surface area contributed by atoms with Crippen molar-refractivity contribution in [3.8, 4) is 0 Å². The Balaban J connectivity index is 1.58. The molecule has 0 saturated heterocycles. The summed E-state index contributed by atoms with van der Waals surface area (Å²) in [6, 6.07) is 12.2. The molecule has 0 radical (unpaired) electrons. The molecule has 1 amide bonds. The standard InChI is InChI=1S/C19H22N4OS/c1-25-12-10-16(18-20-14-5-2-3-6-15(14)21-18)22-19(24)17-7-4-11-23(17)13-8-9-13/h2-7,11,13,16H,8-10,12H2,1H3,(H,20,21)(H,22,24)/t16-/m1/s1. The van der Waals surface area contributed by atoms with Gasteiger partial charge in [-0.3, -0.25) is 4.79 Å². The second-order valence-corrected chi connectivity index (χ2v) is 7.46. The van der Waals surface area contributed by atoms with E-state index in [1.165, 1.54) is 0 Å². The summed E-state index contributed by atoms with van der Waals surface area (Å²) < 4.78 is 2.10. The van der Waals surface area contributed by atoms with Crippen LogP contribution in [0.15, 0.2) is 42.6 Å². The molecule has 0 unspecified atom stereocenters. The van der Waals surface area contributed by atoms with Gasteiger partial charge >= 0.3 is 0 Å². The zero-order chi connectivity index (χ0) is 17.2. The van der Waals surface area contributed by atoms with Crippen LogP contribution in [-0.4, -0.2) is 32.5 Å². The van der Waals surface area contributed by atoms with E-state index in [4.69, 9.17) is 0 Å². The van der Waals surface area contributed by atoms with Gasteiger partial charge in [-0.2, -0.15) is 11.8 Å². The van der Waals surface area contributed by atoms with E-state index in [2.05, 4.69) is 26.1 Å². The largest absolute Gasteiger partial charge is 0.341 e. The summed E-state index contributed by atoms with van der Waals surface area (Å²) in [6.45, 7) is 0. The highest BCUT2D eigenvalue weighted by molar-refractivity contribution is 7.98. The van der Waals surface area contributed by atoms with Crippen molar-refractivity contribution in [3.05, 3.63) is 54.1 Å². The Kier molecular flexibility index (Phi) is 4.53. The first-order valence-electron chi connectivity index (χ1n) is 8.67. The van der Waals surface area contributed by atoms with Crippen LogP contribution in [0.4, 0.5) is 0 Å². The topological polar surface area (TPSA) is 62.7 Å². The quantitative estimate of drug-likeness (QED) is 0.676. The fourth-order valence-corrected chi connectivity index (χ4v) is 3.61. The van der Waals surface area contributed by atoms with E-state index < -0.39 is 0 Å². The van der Waals surface area contributed by atoms with Gasteiger partial charge in [-0.05, 0) is 55.5 Å². The average molecular weight is 354 g/mol. The van der Waals surface area contributed by atoms with Gasteiger partial charge < -0.3 is 14.9 Å². The highest BCUT2D eigenvalue weighted by Crippen LogP contribution is 2.36. The summed E-state index contributed by atoms with van der Waals surface area (Å²) in [5, 5.41) is 3.19. The Morgan fingerprint density at radius 1 is 1.36 bits per heavy atom. The van der Waals surface area contributed by atoms with Crippen molar-refractivity contribution in [2.24, 2.45) is 0 Å². The Labute approximate surface area is 151 Å². The summed E-state index contributed by atoms with van der Waals surface area (Å²) >= 11 is 1.78. The number of thioether (sulfide) groups is 1. The van der Waals surface area contributed by atoms with Crippen molar-refractivity contribution < 1.29 is 4.79 Å². The lowest BCUT2D eigenvalue weighted by Crippen LogP contribution is -2.31. The number of aromatic amines is 1. The molecule has 25 heavy (non-hydrogen) atoms. The van der Waals surface area contributed by atoms with Gasteiger partial charge in [-0.15, -0.1) is 0 Å². The minimum atomic E-state index is -0.116. The van der Waals surface area contributed by atoms with Gasteiger partial charge in [0.05, 0.1) is 17.1 Å². The smallest absolute Gasteiger partial charge is 0.268 e. The molecule has 5 nitrogen and oxygen atoms in total. The molecule has 3 aromatic rings. The maximum atomic E-state index is 12.8. The maximum Gasteiger partial charge on any atom is 0.268 e. The summed E-state index contributed by atoms with van der Waals surface area (Å²) in [5.74, 6) is 1.77. The number of carbonyl (C=O) groups is 1. The molecule has 1 atom stereocenters. The van der Waals surface area contributed by atoms with Crippen LogP contribution in [0.2, 0.25) is 0 Å². The molecule has 4 rings (SSSR count). The average Bonchev–Trinajstić information content (AvgIpc) is 3.19. The fourth-order valence-electron chi connectivity index (χ4n) is 3.14. The summed E-state index contributed by atoms with van der Waals surface area (Å²) in [6.07, 6.45) is 7.25. The van der Waals surface area contributed by atoms with Crippen molar-refractivity contribution in [1.29, 1.82) is 0 Å². The van der Waals surface area contributed by atoms with E-state index in [1.54, 1.807) is 11.8 Å². The number of nitrogens with one attached hydrogen (secondary N) is 2. The van der Waals surface area contributed by atoms with Gasteiger partial charge in [0, 0.05) is 12.2 Å². The number of nitrogens with zero attached hydrogens (tertiary/aromatic N) is 2. The molecule has 6 heteroatoms. The van der Waals surface area contributed by atoms with Gasteiger partial charge in [0.1, 0.15) is 11.5 Å². The van der Waals surface area contributed by atoms with Gasteiger partial charge in [0.25, 0.3) is 5.91 Å². The summed E-state index contributed by atoms with van der Waals surface area (Å²) in [4.78, 5) is 20.9. The third kappa shape index (κ3) is 3.44. The van der Waals surface area contributed by atoms with E-state index in [9.17, 15) is 4.79 Å². The first-order chi connectivity index (χ1) is 12.3. The molecular formula is C19H22N4OS. The number of rotatable bonds is 7. The minimum Gasteiger partial charge on any atom is -0.341 e. The Morgan fingerprint density at radius 3 is 2.96 bits per heavy atom. The van der Waals surface area contributed by atoms with Gasteiger partial charge in [-0.25, -0.2) is 4.98 Å². The highest BCUT2D eigenvalue weighted by atomic mass is 32.2. The van der Waals surface area contributed by atoms with E-state index in [-0.39, 0.29) is 11.9 Å². The number of hydrogen-bond donors (Lipinski definition) is 2. The fraction of sp³-hybridized carbons (Fsp3) is 0.368. The number of fused-ring (bicyclic) bond motifs is 1. The maximum absolute atomic E-state index is 12.8.